The number of hydrogen-bond acceptors (Lipinski definition) is 2. The summed E-state index contributed by atoms with van der Waals surface area (Å²) in [7, 11) is 0.903. The molecule has 0 amide bonds. The molecule has 0 aliphatic rings. The molecular formula is C19H30N4OS. The van der Waals surface area contributed by atoms with E-state index >= 15 is 0 Å². The minimum Gasteiger partial charge on any atom is -0.358 e. The van der Waals surface area contributed by atoms with Crippen molar-refractivity contribution in [3.63, 3.8) is 0 Å². The number of nitrogens with zero attached hydrogens (tertiary/aromatic N) is 1. The summed E-state index contributed by atoms with van der Waals surface area (Å²) in [6, 6.07) is 8.38. The molecule has 0 saturated heterocycles. The molecule has 0 aliphatic heterocycles. The summed E-state index contributed by atoms with van der Waals surface area (Å²) in [6.45, 7) is 9.56. The minimum atomic E-state index is -0.854. The summed E-state index contributed by atoms with van der Waals surface area (Å²) in [5.74, 6) is 1.37. The van der Waals surface area contributed by atoms with Gasteiger partial charge in [-0.1, -0.05) is 18.2 Å². The maximum atomic E-state index is 12.1. The average molecular weight is 363 g/mol. The maximum absolute atomic E-state index is 12.1. The van der Waals surface area contributed by atoms with Crippen molar-refractivity contribution in [1.82, 2.24) is 15.6 Å². The van der Waals surface area contributed by atoms with E-state index in [1.807, 2.05) is 26.8 Å². The first-order chi connectivity index (χ1) is 11.8. The monoisotopic (exact) mass is 362 g/mol. The van der Waals surface area contributed by atoms with Gasteiger partial charge in [0.05, 0.1) is 0 Å². The Bertz CT molecular complexity index is 758. The first-order valence-electron chi connectivity index (χ1n) is 8.72. The predicted octanol–water partition coefficient (Wildman–Crippen LogP) is 2.73. The zero-order valence-corrected chi connectivity index (χ0v) is 16.7. The van der Waals surface area contributed by atoms with Crippen molar-refractivity contribution in [2.45, 2.75) is 38.9 Å². The van der Waals surface area contributed by atoms with Crippen molar-refractivity contribution >= 4 is 27.7 Å². The smallest absolute Gasteiger partial charge is 0.191 e. The summed E-state index contributed by atoms with van der Waals surface area (Å²) >= 11 is 0. The molecule has 1 heterocycles. The summed E-state index contributed by atoms with van der Waals surface area (Å²) in [5, 5.41) is 7.86. The second-order valence-electron chi connectivity index (χ2n) is 7.11. The SMILES string of the molecule is CN=C(NCCc1c(C)[nH]c2ccccc12)NCCS(=O)C(C)(C)C. The topological polar surface area (TPSA) is 69.3 Å². The lowest BCUT2D eigenvalue weighted by atomic mass is 10.1. The van der Waals surface area contributed by atoms with Gasteiger partial charge in [0.1, 0.15) is 0 Å². The van der Waals surface area contributed by atoms with Gasteiger partial charge in [-0.3, -0.25) is 9.20 Å². The first kappa shape index (κ1) is 19.5. The zero-order chi connectivity index (χ0) is 18.4. The predicted molar refractivity (Wildman–Crippen MR) is 109 cm³/mol. The number of benzene rings is 1. The highest BCUT2D eigenvalue weighted by Gasteiger charge is 2.18. The fraction of sp³-hybridized carbons (Fsp3) is 0.526. The molecule has 0 spiro atoms. The largest absolute Gasteiger partial charge is 0.358 e. The molecule has 0 fully saturated rings. The van der Waals surface area contributed by atoms with Crippen molar-refractivity contribution in [1.29, 1.82) is 0 Å². The van der Waals surface area contributed by atoms with E-state index in [-0.39, 0.29) is 4.75 Å². The van der Waals surface area contributed by atoms with Crippen LogP contribution in [0.5, 0.6) is 0 Å². The molecule has 0 saturated carbocycles. The third kappa shape index (κ3) is 5.33. The molecule has 5 nitrogen and oxygen atoms in total. The fourth-order valence-corrected chi connectivity index (χ4v) is 3.65. The molecule has 1 aromatic heterocycles. The van der Waals surface area contributed by atoms with Gasteiger partial charge in [-0.2, -0.15) is 0 Å². The Morgan fingerprint density at radius 3 is 2.56 bits per heavy atom. The van der Waals surface area contributed by atoms with Crippen molar-refractivity contribution in [3.05, 3.63) is 35.5 Å². The second kappa shape index (κ2) is 8.52. The van der Waals surface area contributed by atoms with Crippen molar-refractivity contribution in [2.24, 2.45) is 4.99 Å². The van der Waals surface area contributed by atoms with Crippen molar-refractivity contribution in [2.75, 3.05) is 25.9 Å². The third-order valence-corrected chi connectivity index (χ3v) is 6.12. The molecule has 0 radical (unpaired) electrons. The van der Waals surface area contributed by atoms with E-state index in [0.717, 1.165) is 18.9 Å². The van der Waals surface area contributed by atoms with E-state index in [4.69, 9.17) is 0 Å². The summed E-state index contributed by atoms with van der Waals surface area (Å²) in [6.07, 6.45) is 0.921. The molecule has 2 rings (SSSR count). The van der Waals surface area contributed by atoms with Gasteiger partial charge in [-0.15, -0.1) is 0 Å². The van der Waals surface area contributed by atoms with Gasteiger partial charge in [-0.05, 0) is 45.7 Å². The van der Waals surface area contributed by atoms with E-state index in [1.54, 1.807) is 7.05 Å². The van der Waals surface area contributed by atoms with Crippen LogP contribution in [0.1, 0.15) is 32.0 Å². The Hall–Kier alpha value is -1.82. The lowest BCUT2D eigenvalue weighted by molar-refractivity contribution is 0.647. The molecule has 25 heavy (non-hydrogen) atoms. The van der Waals surface area contributed by atoms with E-state index < -0.39 is 10.8 Å². The van der Waals surface area contributed by atoms with Crippen LogP contribution in [0.2, 0.25) is 0 Å². The number of rotatable bonds is 6. The van der Waals surface area contributed by atoms with E-state index in [2.05, 4.69) is 45.7 Å². The first-order valence-corrected chi connectivity index (χ1v) is 10.0. The number of nitrogens with one attached hydrogen (secondary N) is 3. The number of aromatic amines is 1. The van der Waals surface area contributed by atoms with Crippen LogP contribution in [0, 0.1) is 6.92 Å². The standard InChI is InChI=1S/C19H30N4OS/c1-14-15(16-8-6-7-9-17(16)23-14)10-11-21-18(20-5)22-12-13-25(24)19(2,3)4/h6-9,23H,10-13H2,1-5H3,(H2,20,21,22). The number of aryl methyl sites for hydroxylation is 1. The van der Waals surface area contributed by atoms with E-state index in [1.165, 1.54) is 22.2 Å². The number of fused-ring (bicyclic) bond motifs is 1. The molecule has 138 valence electrons. The number of aliphatic imine (C=N–C) groups is 1. The minimum absolute atomic E-state index is 0.175. The highest BCUT2D eigenvalue weighted by molar-refractivity contribution is 7.86. The molecule has 1 unspecified atom stereocenters. The Kier molecular flexibility index (Phi) is 6.64. The van der Waals surface area contributed by atoms with Crippen LogP contribution in [-0.2, 0) is 17.2 Å². The van der Waals surface area contributed by atoms with Crippen LogP contribution in [0.3, 0.4) is 0 Å². The summed E-state index contributed by atoms with van der Waals surface area (Å²) < 4.78 is 11.9. The molecule has 6 heteroatoms. The molecule has 3 N–H and O–H groups in total. The van der Waals surface area contributed by atoms with Crippen LogP contribution in [0.25, 0.3) is 10.9 Å². The van der Waals surface area contributed by atoms with Crippen LogP contribution in [0.15, 0.2) is 29.3 Å². The van der Waals surface area contributed by atoms with Crippen LogP contribution >= 0.6 is 0 Å². The molecule has 2 aromatic rings. The van der Waals surface area contributed by atoms with E-state index in [0.29, 0.717) is 12.3 Å². The number of guanidine groups is 1. The molecule has 1 aromatic carbocycles. The molecular weight excluding hydrogens is 332 g/mol. The van der Waals surface area contributed by atoms with Crippen LogP contribution in [0.4, 0.5) is 0 Å². The number of para-hydroxylation sites is 1. The van der Waals surface area contributed by atoms with Gasteiger partial charge in [-0.25, -0.2) is 0 Å². The van der Waals surface area contributed by atoms with Crippen molar-refractivity contribution in [3.8, 4) is 0 Å². The van der Waals surface area contributed by atoms with Crippen LogP contribution in [-0.4, -0.2) is 45.8 Å². The second-order valence-corrected chi connectivity index (χ2v) is 9.44. The summed E-state index contributed by atoms with van der Waals surface area (Å²) in [5.41, 5.74) is 3.74. The molecule has 0 aliphatic carbocycles. The summed E-state index contributed by atoms with van der Waals surface area (Å²) in [4.78, 5) is 7.67. The van der Waals surface area contributed by atoms with Crippen LogP contribution < -0.4 is 10.6 Å². The Balaban J connectivity index is 1.83. The van der Waals surface area contributed by atoms with Gasteiger partial charge in [0.2, 0.25) is 0 Å². The number of hydrogen-bond donors (Lipinski definition) is 3. The Labute approximate surface area is 153 Å². The molecule has 0 bridgehead atoms. The lowest BCUT2D eigenvalue weighted by Gasteiger charge is -2.18. The quantitative estimate of drug-likeness (QED) is 0.547. The fourth-order valence-electron chi connectivity index (χ4n) is 2.75. The highest BCUT2D eigenvalue weighted by Crippen LogP contribution is 2.21. The van der Waals surface area contributed by atoms with E-state index in [9.17, 15) is 4.21 Å². The van der Waals surface area contributed by atoms with Gasteiger partial charge < -0.3 is 15.6 Å². The Morgan fingerprint density at radius 2 is 1.88 bits per heavy atom. The lowest BCUT2D eigenvalue weighted by Crippen LogP contribution is -2.41. The van der Waals surface area contributed by atoms with Gasteiger partial charge in [0.15, 0.2) is 5.96 Å². The normalized spacial score (nSPS) is 13.9. The zero-order valence-electron chi connectivity index (χ0n) is 15.9. The number of aromatic nitrogens is 1. The van der Waals surface area contributed by atoms with Gasteiger partial charge >= 0.3 is 0 Å². The Morgan fingerprint density at radius 1 is 1.20 bits per heavy atom. The molecule has 1 atom stereocenters. The maximum Gasteiger partial charge on any atom is 0.191 e. The average Bonchev–Trinajstić information content (AvgIpc) is 2.88. The highest BCUT2D eigenvalue weighted by atomic mass is 32.2. The third-order valence-electron chi connectivity index (χ3n) is 4.18. The number of H-pyrrole nitrogens is 1. The van der Waals surface area contributed by atoms with Gasteiger partial charge in [0.25, 0.3) is 0 Å². The van der Waals surface area contributed by atoms with Gasteiger partial charge in [0, 0.05) is 58.0 Å². The van der Waals surface area contributed by atoms with Crippen molar-refractivity contribution < 1.29 is 4.21 Å².